The van der Waals surface area contributed by atoms with Gasteiger partial charge in [-0.3, -0.25) is 0 Å². The van der Waals surface area contributed by atoms with Crippen molar-refractivity contribution in [3.05, 3.63) is 65.0 Å². The van der Waals surface area contributed by atoms with Crippen molar-refractivity contribution in [3.63, 3.8) is 0 Å². The Labute approximate surface area is 119 Å². The van der Waals surface area contributed by atoms with Gasteiger partial charge >= 0.3 is 6.18 Å². The fourth-order valence-electron chi connectivity index (χ4n) is 1.88. The minimum atomic E-state index is -4.56. The first-order chi connectivity index (χ1) is 9.84. The first-order valence-corrected chi connectivity index (χ1v) is 6.20. The van der Waals surface area contributed by atoms with E-state index in [2.05, 4.69) is 5.32 Å². The summed E-state index contributed by atoms with van der Waals surface area (Å²) in [4.78, 5) is 0. The Morgan fingerprint density at radius 3 is 2.14 bits per heavy atom. The molecule has 0 amide bonds. The third kappa shape index (κ3) is 4.46. The number of aromatic hydroxyl groups is 1. The van der Waals surface area contributed by atoms with Crippen molar-refractivity contribution in [1.82, 2.24) is 5.32 Å². The van der Waals surface area contributed by atoms with Crippen molar-refractivity contribution in [2.75, 3.05) is 0 Å². The van der Waals surface area contributed by atoms with Gasteiger partial charge in [-0.05, 0) is 41.5 Å². The van der Waals surface area contributed by atoms with Gasteiger partial charge in [0.25, 0.3) is 0 Å². The zero-order valence-electron chi connectivity index (χ0n) is 10.9. The Balaban J connectivity index is 2.00. The van der Waals surface area contributed by atoms with Gasteiger partial charge in [-0.15, -0.1) is 0 Å². The molecule has 2 nitrogen and oxygen atoms in total. The van der Waals surface area contributed by atoms with Crippen molar-refractivity contribution in [1.29, 1.82) is 0 Å². The van der Waals surface area contributed by atoms with E-state index in [0.717, 1.165) is 17.7 Å². The quantitative estimate of drug-likeness (QED) is 0.841. The summed E-state index contributed by atoms with van der Waals surface area (Å²) < 4.78 is 50.9. The largest absolute Gasteiger partial charge is 0.508 e. The Bertz CT molecular complexity index is 608. The minimum absolute atomic E-state index is 0.113. The molecule has 0 heterocycles. The molecule has 0 spiro atoms. The number of halogens is 4. The summed E-state index contributed by atoms with van der Waals surface area (Å²) in [6, 6.07) is 8.88. The first-order valence-electron chi connectivity index (χ1n) is 6.20. The second-order valence-electron chi connectivity index (χ2n) is 4.62. The molecule has 0 radical (unpaired) electrons. The van der Waals surface area contributed by atoms with Crippen LogP contribution in [0.4, 0.5) is 17.6 Å². The van der Waals surface area contributed by atoms with Crippen molar-refractivity contribution >= 4 is 0 Å². The van der Waals surface area contributed by atoms with Crippen LogP contribution in [-0.2, 0) is 19.3 Å². The fraction of sp³-hybridized carbons (Fsp3) is 0.200. The molecule has 0 atom stereocenters. The lowest BCUT2D eigenvalue weighted by Crippen LogP contribution is -2.14. The van der Waals surface area contributed by atoms with Gasteiger partial charge in [-0.25, -0.2) is 4.39 Å². The van der Waals surface area contributed by atoms with Crippen LogP contribution in [0.2, 0.25) is 0 Å². The molecule has 2 N–H and O–H groups in total. The molecule has 0 fully saturated rings. The standard InChI is InChI=1S/C15H13F4NO/c16-13-6-11(5-12(7-13)15(17,18)19)9-20-8-10-1-3-14(21)4-2-10/h1-7,20-21H,8-9H2. The fourth-order valence-corrected chi connectivity index (χ4v) is 1.88. The monoisotopic (exact) mass is 299 g/mol. The Morgan fingerprint density at radius 2 is 1.52 bits per heavy atom. The third-order valence-corrected chi connectivity index (χ3v) is 2.88. The zero-order chi connectivity index (χ0) is 15.5. The second kappa shape index (κ2) is 6.13. The van der Waals surface area contributed by atoms with Crippen LogP contribution in [0, 0.1) is 5.82 Å². The van der Waals surface area contributed by atoms with Crippen LogP contribution in [0.1, 0.15) is 16.7 Å². The van der Waals surface area contributed by atoms with Crippen molar-refractivity contribution < 1.29 is 22.7 Å². The number of alkyl halides is 3. The predicted octanol–water partition coefficient (Wildman–Crippen LogP) is 3.84. The van der Waals surface area contributed by atoms with Crippen LogP contribution in [0.5, 0.6) is 5.75 Å². The molecule has 2 rings (SSSR count). The van der Waals surface area contributed by atoms with Gasteiger partial charge < -0.3 is 10.4 Å². The van der Waals surface area contributed by atoms with Crippen molar-refractivity contribution in [2.24, 2.45) is 0 Å². The summed E-state index contributed by atoms with van der Waals surface area (Å²) in [6.45, 7) is 0.514. The predicted molar refractivity (Wildman–Crippen MR) is 70.1 cm³/mol. The van der Waals surface area contributed by atoms with Gasteiger partial charge in [-0.1, -0.05) is 12.1 Å². The molecular formula is C15H13F4NO. The van der Waals surface area contributed by atoms with Crippen LogP contribution in [0.3, 0.4) is 0 Å². The van der Waals surface area contributed by atoms with E-state index in [1.807, 2.05) is 0 Å². The summed E-state index contributed by atoms with van der Waals surface area (Å²) in [5.74, 6) is -0.773. The van der Waals surface area contributed by atoms with Crippen molar-refractivity contribution in [2.45, 2.75) is 19.3 Å². The number of rotatable bonds is 4. The summed E-state index contributed by atoms with van der Waals surface area (Å²) in [6.07, 6.45) is -4.56. The maximum absolute atomic E-state index is 13.2. The van der Waals surface area contributed by atoms with Gasteiger partial charge in [0, 0.05) is 13.1 Å². The molecular weight excluding hydrogens is 286 g/mol. The van der Waals surface area contributed by atoms with E-state index in [0.29, 0.717) is 12.6 Å². The second-order valence-corrected chi connectivity index (χ2v) is 4.62. The number of benzene rings is 2. The molecule has 0 aliphatic carbocycles. The topological polar surface area (TPSA) is 32.3 Å². The molecule has 2 aromatic carbocycles. The maximum Gasteiger partial charge on any atom is 0.416 e. The molecule has 112 valence electrons. The molecule has 0 aliphatic heterocycles. The Hall–Kier alpha value is -2.08. The molecule has 0 aliphatic rings. The van der Waals surface area contributed by atoms with Crippen LogP contribution < -0.4 is 5.32 Å². The van der Waals surface area contributed by atoms with E-state index < -0.39 is 17.6 Å². The number of nitrogens with one attached hydrogen (secondary N) is 1. The Morgan fingerprint density at radius 1 is 0.905 bits per heavy atom. The van der Waals surface area contributed by atoms with Crippen LogP contribution in [-0.4, -0.2) is 5.11 Å². The zero-order valence-corrected chi connectivity index (χ0v) is 10.9. The van der Waals surface area contributed by atoms with E-state index >= 15 is 0 Å². The van der Waals surface area contributed by atoms with Crippen LogP contribution in [0.25, 0.3) is 0 Å². The number of hydrogen-bond acceptors (Lipinski definition) is 2. The smallest absolute Gasteiger partial charge is 0.416 e. The Kier molecular flexibility index (Phi) is 4.47. The highest BCUT2D eigenvalue weighted by Crippen LogP contribution is 2.30. The molecule has 21 heavy (non-hydrogen) atoms. The average Bonchev–Trinajstić information content (AvgIpc) is 2.39. The lowest BCUT2D eigenvalue weighted by Gasteiger charge is -2.10. The minimum Gasteiger partial charge on any atom is -0.508 e. The van der Waals surface area contributed by atoms with Crippen molar-refractivity contribution in [3.8, 4) is 5.75 Å². The molecule has 0 unspecified atom stereocenters. The molecule has 0 saturated heterocycles. The maximum atomic E-state index is 13.2. The highest BCUT2D eigenvalue weighted by atomic mass is 19.4. The normalized spacial score (nSPS) is 11.6. The third-order valence-electron chi connectivity index (χ3n) is 2.88. The van der Waals surface area contributed by atoms with Gasteiger partial charge in [0.15, 0.2) is 0 Å². The van der Waals surface area contributed by atoms with E-state index in [9.17, 15) is 17.6 Å². The molecule has 0 bridgehead atoms. The van der Waals surface area contributed by atoms with Gasteiger partial charge in [0.2, 0.25) is 0 Å². The SMILES string of the molecule is Oc1ccc(CNCc2cc(F)cc(C(F)(F)F)c2)cc1. The summed E-state index contributed by atoms with van der Waals surface area (Å²) in [5.41, 5.74) is 0.0882. The summed E-state index contributed by atoms with van der Waals surface area (Å²) in [5, 5.41) is 12.1. The molecule has 2 aromatic rings. The lowest BCUT2D eigenvalue weighted by atomic mass is 10.1. The van der Waals surface area contributed by atoms with Crippen LogP contribution in [0.15, 0.2) is 42.5 Å². The number of phenolic OH excluding ortho intramolecular Hbond substituents is 1. The average molecular weight is 299 g/mol. The van der Waals surface area contributed by atoms with E-state index in [1.165, 1.54) is 12.1 Å². The van der Waals surface area contributed by atoms with Crippen LogP contribution >= 0.6 is 0 Å². The van der Waals surface area contributed by atoms with E-state index in [4.69, 9.17) is 5.11 Å². The van der Waals surface area contributed by atoms with Gasteiger partial charge in [0.05, 0.1) is 5.56 Å². The number of phenols is 1. The van der Waals surface area contributed by atoms with E-state index in [1.54, 1.807) is 12.1 Å². The molecule has 0 saturated carbocycles. The van der Waals surface area contributed by atoms with Gasteiger partial charge in [0.1, 0.15) is 11.6 Å². The van der Waals surface area contributed by atoms with Gasteiger partial charge in [-0.2, -0.15) is 13.2 Å². The summed E-state index contributed by atoms with van der Waals surface area (Å²) >= 11 is 0. The summed E-state index contributed by atoms with van der Waals surface area (Å²) in [7, 11) is 0. The molecule has 6 heteroatoms. The highest BCUT2D eigenvalue weighted by molar-refractivity contribution is 5.28. The lowest BCUT2D eigenvalue weighted by molar-refractivity contribution is -0.137. The molecule has 0 aromatic heterocycles. The highest BCUT2D eigenvalue weighted by Gasteiger charge is 2.31. The number of hydrogen-bond donors (Lipinski definition) is 2. The van der Waals surface area contributed by atoms with E-state index in [-0.39, 0.29) is 17.9 Å². The first kappa shape index (κ1) is 15.3.